The Morgan fingerprint density at radius 3 is 2.47 bits per heavy atom. The third kappa shape index (κ3) is 8.58. The molecule has 1 fully saturated rings. The number of hydrogen-bond acceptors (Lipinski definition) is 4. The summed E-state index contributed by atoms with van der Waals surface area (Å²) >= 11 is 0. The number of rotatable bonds is 11. The van der Waals surface area contributed by atoms with Crippen molar-refractivity contribution in [3.05, 3.63) is 0 Å². The Balaban J connectivity index is 2.13. The lowest BCUT2D eigenvalue weighted by Crippen LogP contribution is -2.33. The van der Waals surface area contributed by atoms with E-state index >= 15 is 0 Å². The summed E-state index contributed by atoms with van der Waals surface area (Å²) in [7, 11) is 0. The molecule has 2 N–H and O–H groups in total. The van der Waals surface area contributed by atoms with Crippen molar-refractivity contribution < 1.29 is 9.47 Å². The maximum atomic E-state index is 6.00. The largest absolute Gasteiger partial charge is 0.379 e. The number of ether oxygens (including phenoxy) is 2. The van der Waals surface area contributed by atoms with E-state index in [0.29, 0.717) is 31.8 Å². The molecule has 1 saturated heterocycles. The minimum absolute atomic E-state index is 0.358. The monoisotopic (exact) mass is 272 g/mol. The first kappa shape index (κ1) is 16.9. The van der Waals surface area contributed by atoms with Crippen molar-refractivity contribution in [2.24, 2.45) is 11.7 Å². The van der Waals surface area contributed by atoms with Crippen LogP contribution in [-0.2, 0) is 9.47 Å². The summed E-state index contributed by atoms with van der Waals surface area (Å²) in [5, 5.41) is 0. The molecule has 1 atom stereocenters. The van der Waals surface area contributed by atoms with Crippen LogP contribution in [-0.4, -0.2) is 57.0 Å². The van der Waals surface area contributed by atoms with Crippen molar-refractivity contribution in [1.29, 1.82) is 0 Å². The molecule has 0 amide bonds. The fraction of sp³-hybridized carbons (Fsp3) is 1.00. The molecule has 4 heteroatoms. The first-order valence-corrected chi connectivity index (χ1v) is 7.84. The van der Waals surface area contributed by atoms with Crippen LogP contribution in [0, 0.1) is 5.92 Å². The summed E-state index contributed by atoms with van der Waals surface area (Å²) < 4.78 is 11.5. The van der Waals surface area contributed by atoms with Gasteiger partial charge in [0.1, 0.15) is 0 Å². The molecule has 0 aromatic carbocycles. The molecule has 1 rings (SSSR count). The molecule has 1 aliphatic heterocycles. The predicted octanol–water partition coefficient (Wildman–Crippen LogP) is 1.88. The Morgan fingerprint density at radius 1 is 1.11 bits per heavy atom. The van der Waals surface area contributed by atoms with Gasteiger partial charge in [-0.2, -0.15) is 0 Å². The van der Waals surface area contributed by atoms with Crippen molar-refractivity contribution in [2.75, 3.05) is 46.0 Å². The highest BCUT2D eigenvalue weighted by Gasteiger charge is 2.18. The standard InChI is InChI=1S/C15H32N2O2/c1-14(2)12-15(13-17-7-3-4-8-17)19-11-10-18-9-5-6-16/h14-15H,3-13,16H2,1-2H3. The van der Waals surface area contributed by atoms with E-state index in [-0.39, 0.29) is 0 Å². The molecule has 4 nitrogen and oxygen atoms in total. The average Bonchev–Trinajstić information content (AvgIpc) is 2.85. The van der Waals surface area contributed by atoms with Crippen LogP contribution in [0.2, 0.25) is 0 Å². The molecule has 114 valence electrons. The average molecular weight is 272 g/mol. The summed E-state index contributed by atoms with van der Waals surface area (Å²) in [5.74, 6) is 0.686. The smallest absolute Gasteiger partial charge is 0.0705 e. The molecule has 0 bridgehead atoms. The van der Waals surface area contributed by atoms with Crippen LogP contribution < -0.4 is 5.73 Å². The van der Waals surface area contributed by atoms with Crippen molar-refractivity contribution in [3.8, 4) is 0 Å². The second-order valence-corrected chi connectivity index (χ2v) is 5.88. The van der Waals surface area contributed by atoms with Gasteiger partial charge in [0.25, 0.3) is 0 Å². The fourth-order valence-corrected chi connectivity index (χ4v) is 2.54. The molecule has 0 radical (unpaired) electrons. The Morgan fingerprint density at radius 2 is 1.84 bits per heavy atom. The van der Waals surface area contributed by atoms with Gasteiger partial charge in [-0.1, -0.05) is 13.8 Å². The van der Waals surface area contributed by atoms with Crippen molar-refractivity contribution in [3.63, 3.8) is 0 Å². The molecule has 1 aliphatic rings. The van der Waals surface area contributed by atoms with Gasteiger partial charge in [-0.25, -0.2) is 0 Å². The van der Waals surface area contributed by atoms with E-state index in [1.807, 2.05) is 0 Å². The number of nitrogens with two attached hydrogens (primary N) is 1. The number of hydrogen-bond donors (Lipinski definition) is 1. The summed E-state index contributed by atoms with van der Waals surface area (Å²) in [6.45, 7) is 10.9. The Labute approximate surface area is 118 Å². The van der Waals surface area contributed by atoms with Gasteiger partial charge < -0.3 is 20.1 Å². The summed E-state index contributed by atoms with van der Waals surface area (Å²) in [4.78, 5) is 2.53. The van der Waals surface area contributed by atoms with E-state index in [9.17, 15) is 0 Å². The van der Waals surface area contributed by atoms with Gasteiger partial charge in [-0.3, -0.25) is 0 Å². The zero-order valence-electron chi connectivity index (χ0n) is 12.8. The molecule has 0 aromatic heterocycles. The molecule has 0 aliphatic carbocycles. The van der Waals surface area contributed by atoms with Crippen LogP contribution >= 0.6 is 0 Å². The highest BCUT2D eigenvalue weighted by molar-refractivity contribution is 4.72. The predicted molar refractivity (Wildman–Crippen MR) is 79.4 cm³/mol. The van der Waals surface area contributed by atoms with Gasteiger partial charge >= 0.3 is 0 Å². The summed E-state index contributed by atoms with van der Waals surface area (Å²) in [6.07, 6.45) is 5.12. The van der Waals surface area contributed by atoms with E-state index in [2.05, 4.69) is 18.7 Å². The highest BCUT2D eigenvalue weighted by atomic mass is 16.5. The third-order valence-electron chi connectivity index (χ3n) is 3.47. The second kappa shape index (κ2) is 10.6. The summed E-state index contributed by atoms with van der Waals surface area (Å²) in [6, 6.07) is 0. The maximum Gasteiger partial charge on any atom is 0.0705 e. The fourth-order valence-electron chi connectivity index (χ4n) is 2.54. The maximum absolute atomic E-state index is 6.00. The van der Waals surface area contributed by atoms with Gasteiger partial charge in [-0.05, 0) is 51.2 Å². The van der Waals surface area contributed by atoms with Gasteiger partial charge in [0, 0.05) is 13.2 Å². The Kier molecular flexibility index (Phi) is 9.43. The van der Waals surface area contributed by atoms with Crippen molar-refractivity contribution in [1.82, 2.24) is 4.90 Å². The van der Waals surface area contributed by atoms with Crippen LogP contribution in [0.3, 0.4) is 0 Å². The summed E-state index contributed by atoms with van der Waals surface area (Å²) in [5.41, 5.74) is 5.42. The minimum atomic E-state index is 0.358. The van der Waals surface area contributed by atoms with Crippen LogP contribution in [0.1, 0.15) is 39.5 Å². The van der Waals surface area contributed by atoms with Crippen LogP contribution in [0.15, 0.2) is 0 Å². The molecule has 0 saturated carbocycles. The number of likely N-dealkylation sites (tertiary alicyclic amines) is 1. The molecular weight excluding hydrogens is 240 g/mol. The van der Waals surface area contributed by atoms with Crippen LogP contribution in [0.5, 0.6) is 0 Å². The Hall–Kier alpha value is -0.160. The van der Waals surface area contributed by atoms with Gasteiger partial charge in [0.2, 0.25) is 0 Å². The quantitative estimate of drug-likeness (QED) is 0.583. The SMILES string of the molecule is CC(C)CC(CN1CCCC1)OCCOCCCN. The Bertz CT molecular complexity index is 206. The normalized spacial score (nSPS) is 18.3. The van der Waals surface area contributed by atoms with Crippen molar-refractivity contribution >= 4 is 0 Å². The second-order valence-electron chi connectivity index (χ2n) is 5.88. The third-order valence-corrected chi connectivity index (χ3v) is 3.47. The van der Waals surface area contributed by atoms with E-state index in [1.165, 1.54) is 25.9 Å². The van der Waals surface area contributed by atoms with Crippen molar-refractivity contribution in [2.45, 2.75) is 45.6 Å². The zero-order valence-corrected chi connectivity index (χ0v) is 12.8. The molecule has 19 heavy (non-hydrogen) atoms. The van der Waals surface area contributed by atoms with E-state index in [1.54, 1.807) is 0 Å². The molecule has 0 aromatic rings. The lowest BCUT2D eigenvalue weighted by Gasteiger charge is -2.25. The molecule has 1 heterocycles. The first-order valence-electron chi connectivity index (χ1n) is 7.84. The van der Waals surface area contributed by atoms with Crippen LogP contribution in [0.4, 0.5) is 0 Å². The molecular formula is C15H32N2O2. The van der Waals surface area contributed by atoms with E-state index < -0.39 is 0 Å². The van der Waals surface area contributed by atoms with E-state index in [0.717, 1.165) is 26.0 Å². The van der Waals surface area contributed by atoms with Gasteiger partial charge in [-0.15, -0.1) is 0 Å². The lowest BCUT2D eigenvalue weighted by molar-refractivity contribution is -0.0158. The highest BCUT2D eigenvalue weighted by Crippen LogP contribution is 2.14. The topological polar surface area (TPSA) is 47.7 Å². The molecule has 0 spiro atoms. The minimum Gasteiger partial charge on any atom is -0.379 e. The van der Waals surface area contributed by atoms with E-state index in [4.69, 9.17) is 15.2 Å². The lowest BCUT2D eigenvalue weighted by atomic mass is 10.1. The first-order chi connectivity index (χ1) is 9.22. The van der Waals surface area contributed by atoms with Gasteiger partial charge in [0.15, 0.2) is 0 Å². The molecule has 1 unspecified atom stereocenters. The number of nitrogens with zero attached hydrogens (tertiary/aromatic N) is 1. The van der Waals surface area contributed by atoms with Crippen LogP contribution in [0.25, 0.3) is 0 Å². The zero-order chi connectivity index (χ0) is 13.9. The van der Waals surface area contributed by atoms with Gasteiger partial charge in [0.05, 0.1) is 19.3 Å².